The van der Waals surface area contributed by atoms with Gasteiger partial charge in [0, 0.05) is 36.2 Å². The van der Waals surface area contributed by atoms with E-state index in [1.54, 1.807) is 42.7 Å². The van der Waals surface area contributed by atoms with E-state index in [-0.39, 0.29) is 5.82 Å². The first kappa shape index (κ1) is 23.5. The molecule has 1 aromatic heterocycles. The van der Waals surface area contributed by atoms with Crippen LogP contribution in [0.5, 0.6) is 5.75 Å². The maximum atomic E-state index is 13.4. The van der Waals surface area contributed by atoms with E-state index in [0.717, 1.165) is 48.7 Å². The minimum atomic E-state index is -0.250. The number of aromatic nitrogens is 1. The van der Waals surface area contributed by atoms with Crippen LogP contribution < -0.4 is 14.9 Å². The summed E-state index contributed by atoms with van der Waals surface area (Å²) in [5, 5.41) is 6.04. The summed E-state index contributed by atoms with van der Waals surface area (Å²) < 4.78 is 26.4. The van der Waals surface area contributed by atoms with Crippen molar-refractivity contribution in [2.24, 2.45) is 4.99 Å². The second-order valence-electron chi connectivity index (χ2n) is 6.79. The summed E-state index contributed by atoms with van der Waals surface area (Å²) in [5.41, 5.74) is 2.67. The highest BCUT2D eigenvalue weighted by Gasteiger charge is 2.10. The van der Waals surface area contributed by atoms with Crippen LogP contribution in [0.15, 0.2) is 52.8 Å². The fraction of sp³-hybridized carbons (Fsp3) is 0.348. The van der Waals surface area contributed by atoms with Gasteiger partial charge < -0.3 is 19.4 Å². The molecule has 0 atom stereocenters. The number of ether oxygens (including phenoxy) is 2. The molecule has 0 saturated heterocycles. The van der Waals surface area contributed by atoms with Gasteiger partial charge in [-0.15, -0.1) is 11.3 Å². The van der Waals surface area contributed by atoms with Gasteiger partial charge in [0.15, 0.2) is 4.80 Å². The predicted molar refractivity (Wildman–Crippen MR) is 125 cm³/mol. The van der Waals surface area contributed by atoms with Crippen molar-refractivity contribution in [3.8, 4) is 17.0 Å². The summed E-state index contributed by atoms with van der Waals surface area (Å²) in [6.45, 7) is 5.89. The van der Waals surface area contributed by atoms with E-state index in [1.165, 1.54) is 12.1 Å². The first-order chi connectivity index (χ1) is 15.1. The van der Waals surface area contributed by atoms with Crippen molar-refractivity contribution in [3.05, 3.63) is 63.5 Å². The molecular formula is C23H27ClFN3O2S. The highest BCUT2D eigenvalue weighted by Crippen LogP contribution is 2.30. The van der Waals surface area contributed by atoms with Gasteiger partial charge in [-0.05, 0) is 61.9 Å². The maximum Gasteiger partial charge on any atom is 0.190 e. The molecule has 0 fully saturated rings. The van der Waals surface area contributed by atoms with Gasteiger partial charge in [0.2, 0.25) is 0 Å². The average Bonchev–Trinajstić information content (AvgIpc) is 3.17. The molecule has 2 aromatic carbocycles. The topological polar surface area (TPSA) is 47.8 Å². The Morgan fingerprint density at radius 1 is 1.16 bits per heavy atom. The van der Waals surface area contributed by atoms with Crippen LogP contribution in [0.1, 0.15) is 13.3 Å². The summed E-state index contributed by atoms with van der Waals surface area (Å²) in [5.74, 6) is 0.369. The minimum Gasteiger partial charge on any atom is -0.494 e. The van der Waals surface area contributed by atoms with E-state index in [4.69, 9.17) is 26.1 Å². The maximum absolute atomic E-state index is 13.4. The normalized spacial score (nSPS) is 11.8. The molecule has 0 aliphatic heterocycles. The molecule has 1 N–H and O–H groups in total. The zero-order chi connectivity index (χ0) is 22.1. The SMILES string of the molecule is CCOCCNCCCn1c(-c2ccc(F)cc2)csc1=Nc1ccc(Cl)cc1OC. The summed E-state index contributed by atoms with van der Waals surface area (Å²) >= 11 is 7.63. The molecule has 0 aliphatic rings. The molecule has 3 rings (SSSR count). The number of hydrogen-bond acceptors (Lipinski definition) is 5. The fourth-order valence-electron chi connectivity index (χ4n) is 3.11. The van der Waals surface area contributed by atoms with Crippen LogP contribution in [0.2, 0.25) is 5.02 Å². The number of hydrogen-bond donors (Lipinski definition) is 1. The third-order valence-electron chi connectivity index (χ3n) is 4.66. The van der Waals surface area contributed by atoms with Crippen molar-refractivity contribution >= 4 is 28.6 Å². The van der Waals surface area contributed by atoms with E-state index in [0.29, 0.717) is 23.1 Å². The quantitative estimate of drug-likeness (QED) is 0.394. The van der Waals surface area contributed by atoms with Crippen LogP contribution in [0.25, 0.3) is 11.3 Å². The second kappa shape index (κ2) is 12.0. The van der Waals surface area contributed by atoms with Crippen LogP contribution in [-0.4, -0.2) is 38.0 Å². The van der Waals surface area contributed by atoms with Crippen LogP contribution in [-0.2, 0) is 11.3 Å². The van der Waals surface area contributed by atoms with Crippen molar-refractivity contribution in [1.82, 2.24) is 9.88 Å². The Kier molecular flexibility index (Phi) is 9.09. The first-order valence-electron chi connectivity index (χ1n) is 10.2. The molecule has 0 amide bonds. The Morgan fingerprint density at radius 2 is 1.97 bits per heavy atom. The van der Waals surface area contributed by atoms with Gasteiger partial charge in [0.25, 0.3) is 0 Å². The third kappa shape index (κ3) is 6.64. The lowest BCUT2D eigenvalue weighted by molar-refractivity contribution is 0.149. The zero-order valence-electron chi connectivity index (χ0n) is 17.7. The number of thiazole rings is 1. The van der Waals surface area contributed by atoms with Crippen molar-refractivity contribution in [1.29, 1.82) is 0 Å². The van der Waals surface area contributed by atoms with Crippen molar-refractivity contribution < 1.29 is 13.9 Å². The van der Waals surface area contributed by atoms with Crippen molar-refractivity contribution in [2.75, 3.05) is 33.4 Å². The van der Waals surface area contributed by atoms with E-state index in [9.17, 15) is 4.39 Å². The standard InChI is InChI=1S/C23H27ClFN3O2S/c1-3-30-14-12-26-11-4-13-28-21(17-5-8-19(25)9-6-17)16-31-23(28)27-20-10-7-18(24)15-22(20)29-2/h5-10,15-16,26H,3-4,11-14H2,1-2H3. The second-order valence-corrected chi connectivity index (χ2v) is 8.06. The number of nitrogens with zero attached hydrogens (tertiary/aromatic N) is 2. The Hall–Kier alpha value is -2.19. The first-order valence-corrected chi connectivity index (χ1v) is 11.5. The average molecular weight is 464 g/mol. The Labute approximate surface area is 191 Å². The van der Waals surface area contributed by atoms with E-state index < -0.39 is 0 Å². The van der Waals surface area contributed by atoms with E-state index >= 15 is 0 Å². The number of methoxy groups -OCH3 is 1. The van der Waals surface area contributed by atoms with Crippen LogP contribution in [0, 0.1) is 5.82 Å². The van der Waals surface area contributed by atoms with Gasteiger partial charge in [0.1, 0.15) is 17.3 Å². The van der Waals surface area contributed by atoms with E-state index in [1.807, 2.05) is 13.0 Å². The zero-order valence-corrected chi connectivity index (χ0v) is 19.3. The molecule has 0 saturated carbocycles. The lowest BCUT2D eigenvalue weighted by Gasteiger charge is -2.11. The van der Waals surface area contributed by atoms with Gasteiger partial charge in [-0.1, -0.05) is 11.6 Å². The largest absolute Gasteiger partial charge is 0.494 e. The summed E-state index contributed by atoms with van der Waals surface area (Å²) in [6.07, 6.45) is 0.919. The van der Waals surface area contributed by atoms with Gasteiger partial charge in [-0.3, -0.25) is 0 Å². The summed E-state index contributed by atoms with van der Waals surface area (Å²) in [7, 11) is 1.60. The molecule has 8 heteroatoms. The Balaban J connectivity index is 1.87. The molecule has 3 aromatic rings. The van der Waals surface area contributed by atoms with Crippen LogP contribution in [0.4, 0.5) is 10.1 Å². The van der Waals surface area contributed by atoms with Gasteiger partial charge in [-0.2, -0.15) is 0 Å². The number of rotatable bonds is 11. The predicted octanol–water partition coefficient (Wildman–Crippen LogP) is 5.27. The Bertz CT molecular complexity index is 1030. The molecule has 0 spiro atoms. The fourth-order valence-corrected chi connectivity index (χ4v) is 4.22. The van der Waals surface area contributed by atoms with Gasteiger partial charge >= 0.3 is 0 Å². The van der Waals surface area contributed by atoms with Gasteiger partial charge in [-0.25, -0.2) is 9.38 Å². The highest BCUT2D eigenvalue weighted by atomic mass is 35.5. The molecule has 0 unspecified atom stereocenters. The van der Waals surface area contributed by atoms with Crippen LogP contribution >= 0.6 is 22.9 Å². The summed E-state index contributed by atoms with van der Waals surface area (Å²) in [4.78, 5) is 5.68. The molecule has 166 valence electrons. The molecule has 31 heavy (non-hydrogen) atoms. The lowest BCUT2D eigenvalue weighted by atomic mass is 10.1. The van der Waals surface area contributed by atoms with E-state index in [2.05, 4.69) is 15.3 Å². The molecule has 0 bridgehead atoms. The van der Waals surface area contributed by atoms with Crippen molar-refractivity contribution in [2.45, 2.75) is 19.9 Å². The molecule has 5 nitrogen and oxygen atoms in total. The van der Waals surface area contributed by atoms with Crippen LogP contribution in [0.3, 0.4) is 0 Å². The lowest BCUT2D eigenvalue weighted by Crippen LogP contribution is -2.24. The Morgan fingerprint density at radius 3 is 2.71 bits per heavy atom. The molecular weight excluding hydrogens is 437 g/mol. The smallest absolute Gasteiger partial charge is 0.190 e. The number of nitrogens with one attached hydrogen (secondary N) is 1. The summed E-state index contributed by atoms with van der Waals surface area (Å²) in [6, 6.07) is 11.9. The molecule has 0 radical (unpaired) electrons. The number of halogens is 2. The van der Waals surface area contributed by atoms with Gasteiger partial charge in [0.05, 0.1) is 19.4 Å². The third-order valence-corrected chi connectivity index (χ3v) is 5.76. The monoisotopic (exact) mass is 463 g/mol. The highest BCUT2D eigenvalue weighted by molar-refractivity contribution is 7.07. The van der Waals surface area contributed by atoms with Crippen molar-refractivity contribution in [3.63, 3.8) is 0 Å². The molecule has 1 heterocycles. The molecule has 0 aliphatic carbocycles. The number of benzene rings is 2. The minimum absolute atomic E-state index is 0.250.